The smallest absolute Gasteiger partial charge is 0.325 e. The number of benzene rings is 2. The molecule has 2 rings (SSSR count). The normalized spacial score (nSPS) is 11.4. The summed E-state index contributed by atoms with van der Waals surface area (Å²) in [6, 6.07) is 16.6. The van der Waals surface area contributed by atoms with Gasteiger partial charge in [0.25, 0.3) is 5.91 Å². The minimum atomic E-state index is -0.491. The SMILES string of the molecule is COC(=O)CNC(=O)c1ccc(O[C@H](C)c2ccccc2)cc1. The minimum absolute atomic E-state index is 0.0878. The highest BCUT2D eigenvalue weighted by Gasteiger charge is 2.10. The van der Waals surface area contributed by atoms with Crippen LogP contribution >= 0.6 is 0 Å². The van der Waals surface area contributed by atoms with Gasteiger partial charge in [-0.05, 0) is 36.8 Å². The molecule has 5 heteroatoms. The maximum absolute atomic E-state index is 11.9. The van der Waals surface area contributed by atoms with E-state index in [1.165, 1.54) is 7.11 Å². The first-order valence-electron chi connectivity index (χ1n) is 7.27. The lowest BCUT2D eigenvalue weighted by Gasteiger charge is -2.15. The molecular formula is C18H19NO4. The van der Waals surface area contributed by atoms with Crippen molar-refractivity contribution >= 4 is 11.9 Å². The fourth-order valence-corrected chi connectivity index (χ4v) is 2.01. The lowest BCUT2D eigenvalue weighted by Crippen LogP contribution is -2.30. The van der Waals surface area contributed by atoms with Crippen molar-refractivity contribution in [3.05, 3.63) is 65.7 Å². The number of hydrogen-bond acceptors (Lipinski definition) is 4. The number of methoxy groups -OCH3 is 1. The Hall–Kier alpha value is -2.82. The summed E-state index contributed by atoms with van der Waals surface area (Å²) in [5.74, 6) is -0.154. The van der Waals surface area contributed by atoms with E-state index in [4.69, 9.17) is 4.74 Å². The minimum Gasteiger partial charge on any atom is -0.486 e. The monoisotopic (exact) mass is 313 g/mol. The van der Waals surface area contributed by atoms with Crippen LogP contribution in [0.4, 0.5) is 0 Å². The first kappa shape index (κ1) is 16.5. The Balaban J connectivity index is 1.94. The van der Waals surface area contributed by atoms with Crippen molar-refractivity contribution in [2.75, 3.05) is 13.7 Å². The Bertz CT molecular complexity index is 652. The highest BCUT2D eigenvalue weighted by molar-refractivity contribution is 5.95. The highest BCUT2D eigenvalue weighted by atomic mass is 16.5. The molecule has 0 bridgehead atoms. The Morgan fingerprint density at radius 1 is 1.04 bits per heavy atom. The second kappa shape index (κ2) is 7.98. The Labute approximate surface area is 135 Å². The van der Waals surface area contributed by atoms with Gasteiger partial charge in [-0.1, -0.05) is 30.3 Å². The fraction of sp³-hybridized carbons (Fsp3) is 0.222. The lowest BCUT2D eigenvalue weighted by atomic mass is 10.1. The van der Waals surface area contributed by atoms with Gasteiger partial charge in [-0.15, -0.1) is 0 Å². The second-order valence-corrected chi connectivity index (χ2v) is 4.95. The van der Waals surface area contributed by atoms with Gasteiger partial charge >= 0.3 is 5.97 Å². The van der Waals surface area contributed by atoms with Crippen molar-refractivity contribution in [2.24, 2.45) is 0 Å². The molecule has 0 aliphatic rings. The van der Waals surface area contributed by atoms with Gasteiger partial charge in [-0.3, -0.25) is 9.59 Å². The van der Waals surface area contributed by atoms with Crippen molar-refractivity contribution < 1.29 is 19.1 Å². The van der Waals surface area contributed by atoms with Crippen LogP contribution in [0.15, 0.2) is 54.6 Å². The average Bonchev–Trinajstić information content (AvgIpc) is 2.60. The number of carbonyl (C=O) groups is 2. The number of carbonyl (C=O) groups excluding carboxylic acids is 2. The zero-order valence-electron chi connectivity index (χ0n) is 13.1. The third kappa shape index (κ3) is 4.85. The molecule has 120 valence electrons. The zero-order valence-corrected chi connectivity index (χ0v) is 13.1. The van der Waals surface area contributed by atoms with Gasteiger partial charge in [0.05, 0.1) is 7.11 Å². The quantitative estimate of drug-likeness (QED) is 0.833. The van der Waals surface area contributed by atoms with Crippen molar-refractivity contribution in [2.45, 2.75) is 13.0 Å². The molecule has 1 N–H and O–H groups in total. The molecule has 0 saturated heterocycles. The van der Waals surface area contributed by atoms with Crippen LogP contribution in [0.1, 0.15) is 28.9 Å². The maximum atomic E-state index is 11.9. The molecule has 0 saturated carbocycles. The number of nitrogens with one attached hydrogen (secondary N) is 1. The standard InChI is InChI=1S/C18H19NO4/c1-13(14-6-4-3-5-7-14)23-16-10-8-15(9-11-16)18(21)19-12-17(20)22-2/h3-11,13H,12H2,1-2H3,(H,19,21)/t13-/m1/s1. The summed E-state index contributed by atoms with van der Waals surface area (Å²) in [7, 11) is 1.27. The van der Waals surface area contributed by atoms with Crippen LogP contribution in [0, 0.1) is 0 Å². The third-order valence-corrected chi connectivity index (χ3v) is 3.32. The number of ether oxygens (including phenoxy) is 2. The van der Waals surface area contributed by atoms with Gasteiger partial charge in [0, 0.05) is 5.56 Å². The number of rotatable bonds is 6. The number of hydrogen-bond donors (Lipinski definition) is 1. The van der Waals surface area contributed by atoms with E-state index in [9.17, 15) is 9.59 Å². The van der Waals surface area contributed by atoms with Crippen molar-refractivity contribution in [3.63, 3.8) is 0 Å². The molecule has 23 heavy (non-hydrogen) atoms. The zero-order chi connectivity index (χ0) is 16.7. The van der Waals surface area contributed by atoms with Crippen LogP contribution in [0.25, 0.3) is 0 Å². The van der Waals surface area contributed by atoms with Gasteiger partial charge in [-0.2, -0.15) is 0 Å². The molecule has 2 aromatic rings. The predicted molar refractivity (Wildman–Crippen MR) is 86.3 cm³/mol. The van der Waals surface area contributed by atoms with Gasteiger partial charge < -0.3 is 14.8 Å². The Kier molecular flexibility index (Phi) is 5.74. The fourth-order valence-electron chi connectivity index (χ4n) is 2.01. The molecule has 2 aromatic carbocycles. The molecule has 0 radical (unpaired) electrons. The predicted octanol–water partition coefficient (Wildman–Crippen LogP) is 2.73. The summed E-state index contributed by atoms with van der Waals surface area (Å²) < 4.78 is 10.3. The highest BCUT2D eigenvalue weighted by Crippen LogP contribution is 2.21. The van der Waals surface area contributed by atoms with E-state index < -0.39 is 5.97 Å². The average molecular weight is 313 g/mol. The molecule has 0 fully saturated rings. The summed E-state index contributed by atoms with van der Waals surface area (Å²) in [4.78, 5) is 22.9. The molecule has 0 aliphatic carbocycles. The molecule has 1 amide bonds. The largest absolute Gasteiger partial charge is 0.486 e. The van der Waals surface area contributed by atoms with E-state index in [0.29, 0.717) is 11.3 Å². The summed E-state index contributed by atoms with van der Waals surface area (Å²) >= 11 is 0. The van der Waals surface area contributed by atoms with Gasteiger partial charge in [0.1, 0.15) is 18.4 Å². The number of esters is 1. The van der Waals surface area contributed by atoms with E-state index in [1.54, 1.807) is 24.3 Å². The van der Waals surface area contributed by atoms with Crippen molar-refractivity contribution in [1.29, 1.82) is 0 Å². The summed E-state index contributed by atoms with van der Waals surface area (Å²) in [5, 5.41) is 2.48. The maximum Gasteiger partial charge on any atom is 0.325 e. The van der Waals surface area contributed by atoms with E-state index in [2.05, 4.69) is 10.1 Å². The Morgan fingerprint density at radius 3 is 2.30 bits per heavy atom. The summed E-state index contributed by atoms with van der Waals surface area (Å²) in [5.41, 5.74) is 1.53. The van der Waals surface area contributed by atoms with Crippen LogP contribution in [0.5, 0.6) is 5.75 Å². The van der Waals surface area contributed by atoms with Crippen LogP contribution in [0.3, 0.4) is 0 Å². The van der Waals surface area contributed by atoms with Crippen LogP contribution in [-0.4, -0.2) is 25.5 Å². The first-order chi connectivity index (χ1) is 11.1. The molecule has 0 heterocycles. The first-order valence-corrected chi connectivity index (χ1v) is 7.27. The van der Waals surface area contributed by atoms with Crippen LogP contribution in [-0.2, 0) is 9.53 Å². The van der Waals surface area contributed by atoms with E-state index in [1.807, 2.05) is 37.3 Å². The molecule has 1 atom stereocenters. The summed E-state index contributed by atoms with van der Waals surface area (Å²) in [6.45, 7) is 1.81. The van der Waals surface area contributed by atoms with Gasteiger partial charge in [0.15, 0.2) is 0 Å². The van der Waals surface area contributed by atoms with Crippen molar-refractivity contribution in [3.8, 4) is 5.75 Å². The van der Waals surface area contributed by atoms with Crippen LogP contribution < -0.4 is 10.1 Å². The third-order valence-electron chi connectivity index (χ3n) is 3.32. The molecule has 0 unspecified atom stereocenters. The lowest BCUT2D eigenvalue weighted by molar-refractivity contribution is -0.139. The molecule has 0 aliphatic heterocycles. The molecule has 5 nitrogen and oxygen atoms in total. The Morgan fingerprint density at radius 2 is 1.70 bits per heavy atom. The number of amides is 1. The van der Waals surface area contributed by atoms with E-state index in [-0.39, 0.29) is 18.6 Å². The van der Waals surface area contributed by atoms with Gasteiger partial charge in [0.2, 0.25) is 0 Å². The van der Waals surface area contributed by atoms with Crippen molar-refractivity contribution in [1.82, 2.24) is 5.32 Å². The van der Waals surface area contributed by atoms with Crippen LogP contribution in [0.2, 0.25) is 0 Å². The summed E-state index contributed by atoms with van der Waals surface area (Å²) in [6.07, 6.45) is -0.0878. The molecule has 0 aromatic heterocycles. The van der Waals surface area contributed by atoms with E-state index in [0.717, 1.165) is 5.56 Å². The topological polar surface area (TPSA) is 64.6 Å². The molecule has 0 spiro atoms. The van der Waals surface area contributed by atoms with E-state index >= 15 is 0 Å². The second-order valence-electron chi connectivity index (χ2n) is 4.95. The van der Waals surface area contributed by atoms with Gasteiger partial charge in [-0.25, -0.2) is 0 Å². The molecular weight excluding hydrogens is 294 g/mol.